The van der Waals surface area contributed by atoms with E-state index < -0.39 is 0 Å². The molecule has 12 aromatic carbocycles. The summed E-state index contributed by atoms with van der Waals surface area (Å²) in [6.45, 7) is 18.5. The molecule has 0 amide bonds. The van der Waals surface area contributed by atoms with Crippen LogP contribution < -0.4 is 9.80 Å². The fourth-order valence-electron chi connectivity index (χ4n) is 16.5. The van der Waals surface area contributed by atoms with Crippen molar-refractivity contribution in [1.82, 2.24) is 0 Å². The summed E-state index contributed by atoms with van der Waals surface area (Å²) in [6.07, 6.45) is 14.1. The van der Waals surface area contributed by atoms with Gasteiger partial charge in [-0.05, 0) is 176 Å². The minimum Gasteiger partial charge on any atom is -0.453 e. The molecule has 458 valence electrons. The Morgan fingerprint density at radius 1 is 0.326 bits per heavy atom. The van der Waals surface area contributed by atoms with Crippen molar-refractivity contribution in [3.63, 3.8) is 0 Å². The van der Waals surface area contributed by atoms with Crippen molar-refractivity contribution < 1.29 is 8.83 Å². The van der Waals surface area contributed by atoms with Crippen LogP contribution >= 0.6 is 0 Å². The zero-order valence-electron chi connectivity index (χ0n) is 55.0. The van der Waals surface area contributed by atoms with Crippen molar-refractivity contribution >= 4 is 110 Å². The van der Waals surface area contributed by atoms with Crippen LogP contribution in [0.25, 0.3) is 98.4 Å². The van der Waals surface area contributed by atoms with Crippen LogP contribution in [0, 0.1) is 0 Å². The Balaban J connectivity index is 1.02. The van der Waals surface area contributed by atoms with Gasteiger partial charge in [0.15, 0.2) is 11.2 Å². The van der Waals surface area contributed by atoms with Crippen LogP contribution in [0.15, 0.2) is 215 Å². The predicted octanol–water partition coefficient (Wildman–Crippen LogP) is 26.5. The Labute approximate surface area is 542 Å². The molecule has 16 rings (SSSR count). The molecule has 2 fully saturated rings. The standard InChI is InChI=1S/C88H84N2O2/c1-9-55-27-17-19-37-63(55)67-39-23-41-69-71-43-25-45-77(85(71)91-83(67)69)89(61-35-21-33-59(51-61)87(3,4)5)79-53-75(57-29-13-11-14-30-57)65-48-50-74-80(54-76(58-31-15-12-16-32-58)66-47-49-73(79)81(65)82(66)74)90(62-36-22-34-60(52-62)88(6,7)8)78-46-26-44-72-70-42-24-40-68(84(70)92-86(72)78)64-38-20-18-28-56(64)10-2/h17-28,33-54,57-58H,9-16,29-32H2,1-8H3. The van der Waals surface area contributed by atoms with E-state index in [0.717, 1.165) is 90.6 Å². The lowest BCUT2D eigenvalue weighted by Gasteiger charge is -2.34. The van der Waals surface area contributed by atoms with E-state index in [1.54, 1.807) is 0 Å². The summed E-state index contributed by atoms with van der Waals surface area (Å²) < 4.78 is 15.1. The summed E-state index contributed by atoms with van der Waals surface area (Å²) in [5.41, 5.74) is 23.0. The van der Waals surface area contributed by atoms with Gasteiger partial charge in [0, 0.05) is 54.8 Å². The van der Waals surface area contributed by atoms with Gasteiger partial charge >= 0.3 is 0 Å². The molecule has 0 aliphatic heterocycles. The maximum atomic E-state index is 7.53. The summed E-state index contributed by atoms with van der Waals surface area (Å²) in [7, 11) is 0. The average molecular weight is 1200 g/mol. The lowest BCUT2D eigenvalue weighted by atomic mass is 9.77. The van der Waals surface area contributed by atoms with Crippen LogP contribution in [0.2, 0.25) is 0 Å². The molecular formula is C88H84N2O2. The van der Waals surface area contributed by atoms with Gasteiger partial charge in [-0.25, -0.2) is 0 Å². The summed E-state index contributed by atoms with van der Waals surface area (Å²) in [4.78, 5) is 5.20. The first-order chi connectivity index (χ1) is 44.8. The number of nitrogens with zero attached hydrogens (tertiary/aromatic N) is 2. The highest BCUT2D eigenvalue weighted by Gasteiger charge is 2.33. The third-order valence-electron chi connectivity index (χ3n) is 21.3. The van der Waals surface area contributed by atoms with E-state index >= 15 is 0 Å². The topological polar surface area (TPSA) is 32.8 Å². The second-order valence-corrected chi connectivity index (χ2v) is 28.9. The van der Waals surface area contributed by atoms with Crippen LogP contribution in [-0.4, -0.2) is 0 Å². The molecule has 14 aromatic rings. The lowest BCUT2D eigenvalue weighted by Crippen LogP contribution is -2.16. The van der Waals surface area contributed by atoms with Gasteiger partial charge in [-0.15, -0.1) is 0 Å². The van der Waals surface area contributed by atoms with Gasteiger partial charge in [-0.2, -0.15) is 0 Å². The SMILES string of the molecule is CCc1ccccc1-c1cccc2c1oc1c(N(c3cccc(C(C)(C)C)c3)c3cc(C4CCCCC4)c4ccc5c(N(c6cccc(C(C)(C)C)c6)c6cccc7c6oc6c(-c8ccccc8CC)cccc67)cc(C6CCCCC6)c6ccc3c4c65)cccc12. The van der Waals surface area contributed by atoms with Crippen LogP contribution in [-0.2, 0) is 23.7 Å². The number of hydrogen-bond acceptors (Lipinski definition) is 4. The second kappa shape index (κ2) is 22.9. The molecule has 2 saturated carbocycles. The van der Waals surface area contributed by atoms with Crippen molar-refractivity contribution in [2.24, 2.45) is 0 Å². The van der Waals surface area contributed by atoms with E-state index in [0.29, 0.717) is 11.8 Å². The fraction of sp³-hybridized carbons (Fsp3) is 0.273. The first-order valence-electron chi connectivity index (χ1n) is 34.5. The Kier molecular flexibility index (Phi) is 14.4. The summed E-state index contributed by atoms with van der Waals surface area (Å²) in [5.74, 6) is 0.818. The molecule has 92 heavy (non-hydrogen) atoms. The molecule has 4 heteroatoms. The zero-order chi connectivity index (χ0) is 62.6. The van der Waals surface area contributed by atoms with Crippen LogP contribution in [0.3, 0.4) is 0 Å². The molecule has 0 spiro atoms. The molecule has 2 aromatic heterocycles. The van der Waals surface area contributed by atoms with Gasteiger partial charge in [-0.1, -0.05) is 252 Å². The molecule has 4 nitrogen and oxygen atoms in total. The number of rotatable bonds is 12. The zero-order valence-corrected chi connectivity index (χ0v) is 55.0. The highest BCUT2D eigenvalue weighted by atomic mass is 16.3. The maximum Gasteiger partial charge on any atom is 0.159 e. The monoisotopic (exact) mass is 1200 g/mol. The van der Waals surface area contributed by atoms with Crippen molar-refractivity contribution in [1.29, 1.82) is 0 Å². The highest BCUT2D eigenvalue weighted by molar-refractivity contribution is 6.30. The van der Waals surface area contributed by atoms with Gasteiger partial charge in [0.25, 0.3) is 0 Å². The normalized spacial score (nSPS) is 14.7. The minimum absolute atomic E-state index is 0.0931. The number of furan rings is 2. The van der Waals surface area contributed by atoms with Gasteiger partial charge in [-0.3, -0.25) is 0 Å². The summed E-state index contributed by atoms with van der Waals surface area (Å²) in [5, 5.41) is 12.5. The molecule has 0 bridgehead atoms. The number of benzene rings is 12. The van der Waals surface area contributed by atoms with E-state index in [9.17, 15) is 0 Å². The second-order valence-electron chi connectivity index (χ2n) is 28.9. The van der Waals surface area contributed by atoms with E-state index in [4.69, 9.17) is 8.83 Å². The number of aryl methyl sites for hydroxylation is 2. The van der Waals surface area contributed by atoms with E-state index in [1.165, 1.54) is 152 Å². The van der Waals surface area contributed by atoms with Crippen LogP contribution in [0.4, 0.5) is 34.1 Å². The van der Waals surface area contributed by atoms with Crippen LogP contribution in [0.1, 0.15) is 165 Å². The van der Waals surface area contributed by atoms with E-state index in [2.05, 4.69) is 271 Å². The largest absolute Gasteiger partial charge is 0.453 e. The van der Waals surface area contributed by atoms with Crippen molar-refractivity contribution in [3.05, 3.63) is 240 Å². The maximum absolute atomic E-state index is 7.53. The predicted molar refractivity (Wildman–Crippen MR) is 393 cm³/mol. The molecule has 2 aliphatic rings. The minimum atomic E-state index is -0.0931. The number of fused-ring (bicyclic) bond motifs is 6. The molecule has 0 unspecified atom stereocenters. The molecule has 2 aliphatic carbocycles. The molecule has 0 atom stereocenters. The molecule has 0 N–H and O–H groups in total. The first-order valence-corrected chi connectivity index (χ1v) is 34.5. The molecular weight excluding hydrogens is 1120 g/mol. The molecule has 0 saturated heterocycles. The summed E-state index contributed by atoms with van der Waals surface area (Å²) >= 11 is 0. The van der Waals surface area contributed by atoms with E-state index in [1.807, 2.05) is 0 Å². The Morgan fingerprint density at radius 2 is 0.685 bits per heavy atom. The van der Waals surface area contributed by atoms with Crippen molar-refractivity contribution in [2.45, 2.75) is 155 Å². The quantitative estimate of drug-likeness (QED) is 0.114. The van der Waals surface area contributed by atoms with Crippen molar-refractivity contribution in [2.75, 3.05) is 9.80 Å². The lowest BCUT2D eigenvalue weighted by molar-refractivity contribution is 0.445. The van der Waals surface area contributed by atoms with Gasteiger partial charge in [0.2, 0.25) is 0 Å². The summed E-state index contributed by atoms with van der Waals surface area (Å²) in [6, 6.07) is 79.0. The Hall–Kier alpha value is -9.12. The van der Waals surface area contributed by atoms with Gasteiger partial charge in [0.05, 0.1) is 22.7 Å². The number of anilines is 6. The first kappa shape index (κ1) is 58.0. The number of para-hydroxylation sites is 4. The van der Waals surface area contributed by atoms with Crippen molar-refractivity contribution in [3.8, 4) is 22.3 Å². The smallest absolute Gasteiger partial charge is 0.159 e. The van der Waals surface area contributed by atoms with Crippen LogP contribution in [0.5, 0.6) is 0 Å². The Morgan fingerprint density at radius 3 is 1.09 bits per heavy atom. The third-order valence-corrected chi connectivity index (χ3v) is 21.3. The number of hydrogen-bond donors (Lipinski definition) is 0. The Bertz CT molecular complexity index is 4820. The fourth-order valence-corrected chi connectivity index (χ4v) is 16.5. The van der Waals surface area contributed by atoms with Gasteiger partial charge in [0.1, 0.15) is 11.2 Å². The molecule has 0 radical (unpaired) electrons. The third kappa shape index (κ3) is 9.68. The highest BCUT2D eigenvalue weighted by Crippen LogP contribution is 2.56. The molecule has 2 heterocycles. The average Bonchev–Trinajstić information content (AvgIpc) is 0.732. The van der Waals surface area contributed by atoms with Gasteiger partial charge < -0.3 is 18.6 Å². The van der Waals surface area contributed by atoms with E-state index in [-0.39, 0.29) is 10.8 Å².